The molecule has 3 rings (SSSR count). The minimum absolute atomic E-state index is 0.0842. The van der Waals surface area contributed by atoms with Crippen molar-refractivity contribution in [3.63, 3.8) is 0 Å². The van der Waals surface area contributed by atoms with Gasteiger partial charge in [0.1, 0.15) is 0 Å². The number of benzene rings is 1. The zero-order valence-corrected chi connectivity index (χ0v) is 18.2. The molecule has 1 aliphatic rings. The third-order valence-electron chi connectivity index (χ3n) is 5.55. The van der Waals surface area contributed by atoms with Gasteiger partial charge >= 0.3 is 0 Å². The number of rotatable bonds is 11. The summed E-state index contributed by atoms with van der Waals surface area (Å²) in [5.74, 6) is 0.583. The summed E-state index contributed by atoms with van der Waals surface area (Å²) < 4.78 is 28.6. The molecule has 0 radical (unpaired) electrons. The molecule has 2 heterocycles. The minimum Gasteiger partial charge on any atom is -0.306 e. The minimum atomic E-state index is -3.56. The highest BCUT2D eigenvalue weighted by molar-refractivity contribution is 7.89. The molecule has 8 nitrogen and oxygen atoms in total. The predicted molar refractivity (Wildman–Crippen MR) is 112 cm³/mol. The van der Waals surface area contributed by atoms with Gasteiger partial charge in [-0.15, -0.1) is 10.2 Å². The van der Waals surface area contributed by atoms with Crippen LogP contribution in [0.15, 0.2) is 29.2 Å². The quantitative estimate of drug-likeness (QED) is 0.542. The zero-order chi connectivity index (χ0) is 20.7. The Balaban J connectivity index is 1.72. The van der Waals surface area contributed by atoms with E-state index in [0.717, 1.165) is 24.8 Å². The summed E-state index contributed by atoms with van der Waals surface area (Å²) in [6.45, 7) is 5.28. The van der Waals surface area contributed by atoms with Crippen LogP contribution in [0, 0.1) is 6.92 Å². The normalized spacial score (nSPS) is 19.8. The largest absolute Gasteiger partial charge is 0.306 e. The molecule has 0 aliphatic carbocycles. The molecule has 1 fully saturated rings. The molecule has 0 unspecified atom stereocenters. The van der Waals surface area contributed by atoms with Gasteiger partial charge in [-0.1, -0.05) is 61.9 Å². The van der Waals surface area contributed by atoms with Gasteiger partial charge in [0.15, 0.2) is 5.82 Å². The van der Waals surface area contributed by atoms with Crippen molar-refractivity contribution >= 4 is 10.0 Å². The predicted octanol–water partition coefficient (Wildman–Crippen LogP) is 2.96. The van der Waals surface area contributed by atoms with Crippen molar-refractivity contribution in [3.05, 3.63) is 35.7 Å². The molecule has 1 saturated heterocycles. The van der Waals surface area contributed by atoms with Crippen LogP contribution in [-0.4, -0.2) is 52.5 Å². The number of aromatic nitrogens is 4. The molecule has 0 spiro atoms. The molecule has 29 heavy (non-hydrogen) atoms. The lowest BCUT2D eigenvalue weighted by atomic mass is 10.1. The third-order valence-corrected chi connectivity index (χ3v) is 7.51. The highest BCUT2D eigenvalue weighted by Gasteiger charge is 2.37. The first-order chi connectivity index (χ1) is 14.0. The fourth-order valence-electron chi connectivity index (χ4n) is 3.84. The van der Waals surface area contributed by atoms with E-state index in [9.17, 15) is 8.42 Å². The molecule has 9 heteroatoms. The number of sulfonamides is 1. The van der Waals surface area contributed by atoms with Gasteiger partial charge in [-0.3, -0.25) is 0 Å². The molecule has 0 amide bonds. The molecule has 1 aromatic heterocycles. The van der Waals surface area contributed by atoms with Crippen LogP contribution >= 0.6 is 0 Å². The topological polar surface area (TPSA) is 104 Å². The molecule has 0 bridgehead atoms. The van der Waals surface area contributed by atoms with Crippen molar-refractivity contribution in [2.75, 3.05) is 13.1 Å². The van der Waals surface area contributed by atoms with Crippen LogP contribution < -0.4 is 5.32 Å². The molecule has 2 atom stereocenters. The number of unbranched alkanes of at least 4 members (excludes halogenated alkanes) is 5. The number of H-pyrrole nitrogens is 1. The van der Waals surface area contributed by atoms with Crippen LogP contribution in [-0.2, 0) is 10.0 Å². The molecule has 160 valence electrons. The number of aryl methyl sites for hydroxylation is 1. The monoisotopic (exact) mass is 420 g/mol. The Morgan fingerprint density at radius 1 is 1.10 bits per heavy atom. The van der Waals surface area contributed by atoms with Crippen LogP contribution in [0.5, 0.6) is 0 Å². The van der Waals surface area contributed by atoms with Crippen molar-refractivity contribution in [3.8, 4) is 0 Å². The van der Waals surface area contributed by atoms with Crippen molar-refractivity contribution in [2.45, 2.75) is 75.8 Å². The highest BCUT2D eigenvalue weighted by Crippen LogP contribution is 2.28. The van der Waals surface area contributed by atoms with E-state index in [2.05, 4.69) is 32.9 Å². The average molecular weight is 421 g/mol. The van der Waals surface area contributed by atoms with Crippen LogP contribution in [0.4, 0.5) is 0 Å². The second kappa shape index (κ2) is 10.3. The standard InChI is InChI=1S/C20H32N6O2S/c1-3-4-5-6-7-8-13-26(29(27,28)18-11-9-16(2)10-12-18)17-14-19(21-15-17)20-22-24-25-23-20/h9-12,17,19,21H,3-8,13-15H2,1-2H3,(H,22,23,24,25)/t17-,19+/m0/s1. The van der Waals surface area contributed by atoms with E-state index >= 15 is 0 Å². The molecule has 2 aromatic rings. The molecule has 1 aromatic carbocycles. The molecule has 2 N–H and O–H groups in total. The number of nitrogens with zero attached hydrogens (tertiary/aromatic N) is 4. The van der Waals surface area contributed by atoms with Gasteiger partial charge in [-0.05, 0) is 31.9 Å². The maximum absolute atomic E-state index is 13.4. The number of tetrazole rings is 1. The fraction of sp³-hybridized carbons (Fsp3) is 0.650. The summed E-state index contributed by atoms with van der Waals surface area (Å²) in [6, 6.07) is 6.91. The summed E-state index contributed by atoms with van der Waals surface area (Å²) in [7, 11) is -3.56. The van der Waals surface area contributed by atoms with Crippen LogP contribution in [0.2, 0.25) is 0 Å². The van der Waals surface area contributed by atoms with Gasteiger partial charge in [0.25, 0.3) is 0 Å². The Morgan fingerprint density at radius 3 is 2.52 bits per heavy atom. The SMILES string of the molecule is CCCCCCCCN([C@@H]1CN[C@@H](c2nn[nH]n2)C1)S(=O)(=O)c1ccc(C)cc1. The Hall–Kier alpha value is -1.84. The van der Waals surface area contributed by atoms with E-state index in [1.807, 2.05) is 19.1 Å². The van der Waals surface area contributed by atoms with E-state index in [1.165, 1.54) is 19.3 Å². The van der Waals surface area contributed by atoms with Crippen LogP contribution in [0.3, 0.4) is 0 Å². The van der Waals surface area contributed by atoms with Crippen molar-refractivity contribution < 1.29 is 8.42 Å². The number of hydrogen-bond donors (Lipinski definition) is 2. The van der Waals surface area contributed by atoms with Crippen molar-refractivity contribution in [2.24, 2.45) is 0 Å². The van der Waals surface area contributed by atoms with Gasteiger partial charge in [-0.25, -0.2) is 8.42 Å². The van der Waals surface area contributed by atoms with Crippen LogP contribution in [0.1, 0.15) is 69.3 Å². The average Bonchev–Trinajstić information content (AvgIpc) is 3.39. The van der Waals surface area contributed by atoms with Gasteiger partial charge in [0, 0.05) is 19.1 Å². The lowest BCUT2D eigenvalue weighted by Gasteiger charge is -2.28. The first-order valence-corrected chi connectivity index (χ1v) is 12.0. The second-order valence-electron chi connectivity index (χ2n) is 7.82. The van der Waals surface area contributed by atoms with Gasteiger partial charge in [0.05, 0.1) is 10.9 Å². The summed E-state index contributed by atoms with van der Waals surface area (Å²) in [5, 5.41) is 17.5. The summed E-state index contributed by atoms with van der Waals surface area (Å²) in [5.41, 5.74) is 1.05. The van der Waals surface area contributed by atoms with Gasteiger partial charge in [-0.2, -0.15) is 9.52 Å². The molecular formula is C20H32N6O2S. The van der Waals surface area contributed by atoms with Crippen molar-refractivity contribution in [1.29, 1.82) is 0 Å². The van der Waals surface area contributed by atoms with E-state index in [4.69, 9.17) is 0 Å². The summed E-state index contributed by atoms with van der Waals surface area (Å²) in [4.78, 5) is 0.358. The Kier molecular flexibility index (Phi) is 7.74. The van der Waals surface area contributed by atoms with Crippen molar-refractivity contribution in [1.82, 2.24) is 30.2 Å². The maximum Gasteiger partial charge on any atom is 0.243 e. The third kappa shape index (κ3) is 5.61. The lowest BCUT2D eigenvalue weighted by Crippen LogP contribution is -2.42. The summed E-state index contributed by atoms with van der Waals surface area (Å²) >= 11 is 0. The van der Waals surface area contributed by atoms with E-state index in [0.29, 0.717) is 30.2 Å². The lowest BCUT2D eigenvalue weighted by molar-refractivity contribution is 0.322. The fourth-order valence-corrected chi connectivity index (χ4v) is 5.52. The summed E-state index contributed by atoms with van der Waals surface area (Å²) in [6.07, 6.45) is 7.38. The maximum atomic E-state index is 13.4. The van der Waals surface area contributed by atoms with E-state index in [-0.39, 0.29) is 12.1 Å². The molecule has 0 saturated carbocycles. The smallest absolute Gasteiger partial charge is 0.243 e. The van der Waals surface area contributed by atoms with Gasteiger partial charge < -0.3 is 5.32 Å². The Morgan fingerprint density at radius 2 is 1.83 bits per heavy atom. The Bertz CT molecular complexity index is 838. The zero-order valence-electron chi connectivity index (χ0n) is 17.3. The first-order valence-electron chi connectivity index (χ1n) is 10.6. The van der Waals surface area contributed by atoms with Crippen LogP contribution in [0.25, 0.3) is 0 Å². The second-order valence-corrected chi connectivity index (χ2v) is 9.71. The number of hydrogen-bond acceptors (Lipinski definition) is 6. The van der Waals surface area contributed by atoms with E-state index in [1.54, 1.807) is 16.4 Å². The first kappa shape index (κ1) is 21.9. The highest BCUT2D eigenvalue weighted by atomic mass is 32.2. The Labute approximate surface area is 173 Å². The molecular weight excluding hydrogens is 388 g/mol. The number of aromatic amines is 1. The number of nitrogens with one attached hydrogen (secondary N) is 2. The van der Waals surface area contributed by atoms with E-state index < -0.39 is 10.0 Å². The molecule has 1 aliphatic heterocycles. The van der Waals surface area contributed by atoms with Gasteiger partial charge in [0.2, 0.25) is 10.0 Å².